The highest BCUT2D eigenvalue weighted by atomic mass is 35.5. The van der Waals surface area contributed by atoms with E-state index >= 15 is 0 Å². The molecule has 1 unspecified atom stereocenters. The summed E-state index contributed by atoms with van der Waals surface area (Å²) in [6.45, 7) is 3.22. The van der Waals surface area contributed by atoms with Gasteiger partial charge in [-0.2, -0.15) is 0 Å². The molecule has 5 heteroatoms. The smallest absolute Gasteiger partial charge is 0.146 e. The highest BCUT2D eigenvalue weighted by Gasteiger charge is 2.23. The number of nitrogens with zero attached hydrogens (tertiary/aromatic N) is 4. The van der Waals surface area contributed by atoms with Crippen LogP contribution in [-0.4, -0.2) is 53.5 Å². The molecule has 1 aromatic heterocycles. The largest absolute Gasteiger partial charge is 0.304 e. The maximum atomic E-state index is 5.74. The van der Waals surface area contributed by atoms with Gasteiger partial charge in [0.05, 0.1) is 11.9 Å². The van der Waals surface area contributed by atoms with Crippen molar-refractivity contribution in [3.05, 3.63) is 23.8 Å². The zero-order valence-corrected chi connectivity index (χ0v) is 11.2. The molecule has 1 aliphatic rings. The highest BCUT2D eigenvalue weighted by molar-refractivity contribution is 6.17. The summed E-state index contributed by atoms with van der Waals surface area (Å²) in [5.74, 6) is 1.37. The van der Waals surface area contributed by atoms with Gasteiger partial charge < -0.3 is 4.90 Å². The zero-order valence-electron chi connectivity index (χ0n) is 10.4. The van der Waals surface area contributed by atoms with Crippen LogP contribution in [0.1, 0.15) is 23.9 Å². The fraction of sp³-hybridized carbons (Fsp3) is 0.667. The van der Waals surface area contributed by atoms with Gasteiger partial charge >= 0.3 is 0 Å². The topological polar surface area (TPSA) is 32.3 Å². The van der Waals surface area contributed by atoms with Crippen molar-refractivity contribution in [1.29, 1.82) is 0 Å². The molecule has 1 fully saturated rings. The van der Waals surface area contributed by atoms with Crippen LogP contribution < -0.4 is 0 Å². The Kier molecular flexibility index (Phi) is 4.31. The van der Waals surface area contributed by atoms with Crippen molar-refractivity contribution in [2.75, 3.05) is 33.7 Å². The van der Waals surface area contributed by atoms with Crippen molar-refractivity contribution in [3.8, 4) is 0 Å². The first-order valence-electron chi connectivity index (χ1n) is 5.96. The summed E-state index contributed by atoms with van der Waals surface area (Å²) in [4.78, 5) is 13.5. The monoisotopic (exact) mass is 254 g/mol. The first kappa shape index (κ1) is 12.7. The molecule has 1 aromatic rings. The Bertz CT molecular complexity index is 354. The van der Waals surface area contributed by atoms with Crippen molar-refractivity contribution in [2.24, 2.45) is 0 Å². The molecule has 0 radical (unpaired) electrons. The maximum Gasteiger partial charge on any atom is 0.146 e. The molecule has 0 spiro atoms. The SMILES string of the molecule is CN1CCCN(C)C(c2ncc(CCl)cn2)C1. The van der Waals surface area contributed by atoms with Gasteiger partial charge in [0.2, 0.25) is 0 Å². The normalized spacial score (nSPS) is 23.6. The molecule has 94 valence electrons. The fourth-order valence-electron chi connectivity index (χ4n) is 2.16. The zero-order chi connectivity index (χ0) is 12.3. The van der Waals surface area contributed by atoms with Crippen LogP contribution in [0, 0.1) is 0 Å². The van der Waals surface area contributed by atoms with E-state index in [-0.39, 0.29) is 6.04 Å². The van der Waals surface area contributed by atoms with Gasteiger partial charge in [-0.3, -0.25) is 4.90 Å². The molecule has 17 heavy (non-hydrogen) atoms. The summed E-state index contributed by atoms with van der Waals surface area (Å²) in [5.41, 5.74) is 0.972. The fourth-order valence-corrected chi connectivity index (χ4v) is 2.29. The van der Waals surface area contributed by atoms with Gasteiger partial charge in [0.15, 0.2) is 0 Å². The van der Waals surface area contributed by atoms with Crippen molar-refractivity contribution in [2.45, 2.75) is 18.3 Å². The lowest BCUT2D eigenvalue weighted by Crippen LogP contribution is -2.31. The van der Waals surface area contributed by atoms with E-state index < -0.39 is 0 Å². The standard InChI is InChI=1S/C12H19ClN4/c1-16-4-3-5-17(2)11(9-16)12-14-7-10(6-13)8-15-12/h7-8,11H,3-6,9H2,1-2H3. The Labute approximate surface area is 108 Å². The lowest BCUT2D eigenvalue weighted by atomic mass is 10.2. The second-order valence-electron chi connectivity index (χ2n) is 4.70. The van der Waals surface area contributed by atoms with E-state index in [1.54, 1.807) is 0 Å². The Hall–Kier alpha value is -0.710. The minimum Gasteiger partial charge on any atom is -0.304 e. The molecule has 0 N–H and O–H groups in total. The van der Waals surface area contributed by atoms with Crippen molar-refractivity contribution >= 4 is 11.6 Å². The summed E-state index contributed by atoms with van der Waals surface area (Å²) < 4.78 is 0. The number of likely N-dealkylation sites (N-methyl/N-ethyl adjacent to an activating group) is 2. The third-order valence-electron chi connectivity index (χ3n) is 3.24. The summed E-state index contributed by atoms with van der Waals surface area (Å²) in [6, 6.07) is 0.284. The average molecular weight is 255 g/mol. The number of alkyl halides is 1. The summed E-state index contributed by atoms with van der Waals surface area (Å²) >= 11 is 5.74. The van der Waals surface area contributed by atoms with Crippen molar-refractivity contribution < 1.29 is 0 Å². The second kappa shape index (κ2) is 5.76. The Morgan fingerprint density at radius 2 is 2.00 bits per heavy atom. The molecular weight excluding hydrogens is 236 g/mol. The first-order chi connectivity index (χ1) is 8.20. The summed E-state index contributed by atoms with van der Waals surface area (Å²) in [5, 5.41) is 0. The van der Waals surface area contributed by atoms with E-state index in [0.29, 0.717) is 5.88 Å². The van der Waals surface area contributed by atoms with E-state index in [1.807, 2.05) is 12.4 Å². The molecule has 2 heterocycles. The lowest BCUT2D eigenvalue weighted by molar-refractivity contribution is 0.219. The van der Waals surface area contributed by atoms with Gasteiger partial charge in [-0.15, -0.1) is 11.6 Å². The van der Waals surface area contributed by atoms with E-state index in [2.05, 4.69) is 33.9 Å². The molecule has 0 aromatic carbocycles. The van der Waals surface area contributed by atoms with E-state index in [1.165, 1.54) is 6.42 Å². The number of halogens is 1. The van der Waals surface area contributed by atoms with Gasteiger partial charge in [-0.25, -0.2) is 9.97 Å². The molecule has 1 aliphatic heterocycles. The number of rotatable bonds is 2. The van der Waals surface area contributed by atoms with E-state index in [4.69, 9.17) is 11.6 Å². The Balaban J connectivity index is 2.17. The average Bonchev–Trinajstić information content (AvgIpc) is 2.51. The molecule has 4 nitrogen and oxygen atoms in total. The number of hydrogen-bond acceptors (Lipinski definition) is 4. The highest BCUT2D eigenvalue weighted by Crippen LogP contribution is 2.19. The minimum atomic E-state index is 0.284. The van der Waals surface area contributed by atoms with Gasteiger partial charge in [-0.05, 0) is 33.6 Å². The lowest BCUT2D eigenvalue weighted by Gasteiger charge is -2.25. The van der Waals surface area contributed by atoms with Crippen LogP contribution >= 0.6 is 11.6 Å². The molecule has 0 amide bonds. The Morgan fingerprint density at radius 1 is 1.29 bits per heavy atom. The molecule has 1 saturated heterocycles. The van der Waals surface area contributed by atoms with Crippen LogP contribution in [0.15, 0.2) is 12.4 Å². The first-order valence-corrected chi connectivity index (χ1v) is 6.49. The number of hydrogen-bond donors (Lipinski definition) is 0. The van der Waals surface area contributed by atoms with Crippen LogP contribution in [0.25, 0.3) is 0 Å². The van der Waals surface area contributed by atoms with Crippen LogP contribution in [0.5, 0.6) is 0 Å². The Morgan fingerprint density at radius 3 is 2.65 bits per heavy atom. The molecule has 0 aliphatic carbocycles. The quantitative estimate of drug-likeness (QED) is 0.750. The molecule has 0 bridgehead atoms. The van der Waals surface area contributed by atoms with Gasteiger partial charge in [0.25, 0.3) is 0 Å². The summed E-state index contributed by atoms with van der Waals surface area (Å²) in [6.07, 6.45) is 4.85. The van der Waals surface area contributed by atoms with Gasteiger partial charge in [0, 0.05) is 24.5 Å². The molecule has 1 atom stereocenters. The predicted molar refractivity (Wildman–Crippen MR) is 69.1 cm³/mol. The predicted octanol–water partition coefficient (Wildman–Crippen LogP) is 1.52. The molecule has 2 rings (SSSR count). The van der Waals surface area contributed by atoms with Crippen molar-refractivity contribution in [1.82, 2.24) is 19.8 Å². The third-order valence-corrected chi connectivity index (χ3v) is 3.55. The molecular formula is C12H19ClN4. The van der Waals surface area contributed by atoms with Crippen LogP contribution in [0.2, 0.25) is 0 Å². The van der Waals surface area contributed by atoms with Crippen molar-refractivity contribution in [3.63, 3.8) is 0 Å². The van der Waals surface area contributed by atoms with Crippen LogP contribution in [0.4, 0.5) is 0 Å². The van der Waals surface area contributed by atoms with Gasteiger partial charge in [-0.1, -0.05) is 0 Å². The van der Waals surface area contributed by atoms with E-state index in [9.17, 15) is 0 Å². The molecule has 0 saturated carbocycles. The van der Waals surface area contributed by atoms with Crippen LogP contribution in [0.3, 0.4) is 0 Å². The summed E-state index contributed by atoms with van der Waals surface area (Å²) in [7, 11) is 4.29. The number of aromatic nitrogens is 2. The third kappa shape index (κ3) is 3.15. The van der Waals surface area contributed by atoms with Gasteiger partial charge in [0.1, 0.15) is 5.82 Å². The minimum absolute atomic E-state index is 0.284. The van der Waals surface area contributed by atoms with Crippen LogP contribution in [-0.2, 0) is 5.88 Å². The second-order valence-corrected chi connectivity index (χ2v) is 4.96. The maximum absolute atomic E-state index is 5.74. The van der Waals surface area contributed by atoms with E-state index in [0.717, 1.165) is 31.0 Å².